The van der Waals surface area contributed by atoms with Gasteiger partial charge in [-0.05, 0) is 37.0 Å². The number of hydrogen-bond donors (Lipinski definition) is 1. The van der Waals surface area contributed by atoms with Crippen LogP contribution in [0.4, 0.5) is 0 Å². The molecule has 1 aliphatic carbocycles. The molecule has 1 aliphatic rings. The van der Waals surface area contributed by atoms with Crippen molar-refractivity contribution in [1.29, 1.82) is 0 Å². The Kier molecular flexibility index (Phi) is 4.44. The first-order valence-electron chi connectivity index (χ1n) is 6.32. The first-order valence-corrected chi connectivity index (χ1v) is 6.32. The second-order valence-electron chi connectivity index (χ2n) is 4.67. The predicted octanol–water partition coefficient (Wildman–Crippen LogP) is 2.10. The minimum atomic E-state index is 0.178. The molecule has 4 heteroatoms. The Morgan fingerprint density at radius 1 is 1.11 bits per heavy atom. The highest BCUT2D eigenvalue weighted by atomic mass is 16.5. The van der Waals surface area contributed by atoms with Crippen LogP contribution in [0.3, 0.4) is 0 Å². The molecule has 2 rings (SSSR count). The molecule has 1 fully saturated rings. The van der Waals surface area contributed by atoms with Crippen LogP contribution in [0.25, 0.3) is 0 Å². The fourth-order valence-electron chi connectivity index (χ4n) is 2.31. The standard InChI is InChI=1S/C14H21NO3/c1-16-11-6-10(7-12(8-11)17-2)9-18-14-5-3-4-13(14)15/h6-8,13-14H,3-5,9,15H2,1-2H3/t13-,14-/m1/s1. The SMILES string of the molecule is COc1cc(CO[C@@H]2CCC[C@H]2N)cc(OC)c1. The highest BCUT2D eigenvalue weighted by Crippen LogP contribution is 2.25. The largest absolute Gasteiger partial charge is 0.497 e. The second kappa shape index (κ2) is 6.07. The first kappa shape index (κ1) is 13.2. The molecule has 0 spiro atoms. The summed E-state index contributed by atoms with van der Waals surface area (Å²) >= 11 is 0. The number of hydrogen-bond acceptors (Lipinski definition) is 4. The third-order valence-electron chi connectivity index (χ3n) is 3.38. The zero-order valence-corrected chi connectivity index (χ0v) is 11.0. The summed E-state index contributed by atoms with van der Waals surface area (Å²) in [6.07, 6.45) is 3.46. The van der Waals surface area contributed by atoms with E-state index in [1.165, 1.54) is 0 Å². The van der Waals surface area contributed by atoms with E-state index >= 15 is 0 Å². The van der Waals surface area contributed by atoms with Gasteiger partial charge in [-0.2, -0.15) is 0 Å². The molecule has 0 radical (unpaired) electrons. The van der Waals surface area contributed by atoms with Gasteiger partial charge in [-0.25, -0.2) is 0 Å². The Hall–Kier alpha value is -1.26. The van der Waals surface area contributed by atoms with E-state index in [0.717, 1.165) is 36.3 Å². The number of nitrogens with two attached hydrogens (primary N) is 1. The number of benzene rings is 1. The van der Waals surface area contributed by atoms with Crippen molar-refractivity contribution in [2.45, 2.75) is 38.0 Å². The maximum atomic E-state index is 5.98. The van der Waals surface area contributed by atoms with Gasteiger partial charge in [-0.3, -0.25) is 0 Å². The van der Waals surface area contributed by atoms with E-state index in [1.54, 1.807) is 14.2 Å². The fourth-order valence-corrected chi connectivity index (χ4v) is 2.31. The Labute approximate surface area is 108 Å². The van der Waals surface area contributed by atoms with Crippen molar-refractivity contribution in [3.05, 3.63) is 23.8 Å². The summed E-state index contributed by atoms with van der Waals surface area (Å²) in [5.74, 6) is 1.56. The summed E-state index contributed by atoms with van der Waals surface area (Å²) in [5, 5.41) is 0. The van der Waals surface area contributed by atoms with Gasteiger partial charge in [-0.15, -0.1) is 0 Å². The summed E-state index contributed by atoms with van der Waals surface area (Å²) in [4.78, 5) is 0. The van der Waals surface area contributed by atoms with E-state index in [-0.39, 0.29) is 12.1 Å². The molecule has 0 heterocycles. The third-order valence-corrected chi connectivity index (χ3v) is 3.38. The highest BCUT2D eigenvalue weighted by Gasteiger charge is 2.24. The molecule has 4 nitrogen and oxygen atoms in total. The van der Waals surface area contributed by atoms with Crippen LogP contribution in [0, 0.1) is 0 Å². The Bertz CT molecular complexity index is 372. The van der Waals surface area contributed by atoms with Crippen LogP contribution in [0.15, 0.2) is 18.2 Å². The van der Waals surface area contributed by atoms with Gasteiger partial charge in [0.25, 0.3) is 0 Å². The molecule has 0 aromatic heterocycles. The van der Waals surface area contributed by atoms with Gasteiger partial charge in [0.1, 0.15) is 11.5 Å². The second-order valence-corrected chi connectivity index (χ2v) is 4.67. The number of rotatable bonds is 5. The van der Waals surface area contributed by atoms with Crippen LogP contribution < -0.4 is 15.2 Å². The molecule has 0 bridgehead atoms. The van der Waals surface area contributed by atoms with Gasteiger partial charge in [0.15, 0.2) is 0 Å². The molecule has 1 aromatic rings. The Balaban J connectivity index is 1.99. The van der Waals surface area contributed by atoms with E-state index in [2.05, 4.69) is 0 Å². The van der Waals surface area contributed by atoms with Crippen LogP contribution >= 0.6 is 0 Å². The maximum Gasteiger partial charge on any atom is 0.122 e. The topological polar surface area (TPSA) is 53.7 Å². The molecule has 2 N–H and O–H groups in total. The van der Waals surface area contributed by atoms with Crippen LogP contribution in [0.5, 0.6) is 11.5 Å². The van der Waals surface area contributed by atoms with Crippen LogP contribution in [-0.4, -0.2) is 26.4 Å². The van der Waals surface area contributed by atoms with Crippen molar-refractivity contribution >= 4 is 0 Å². The zero-order chi connectivity index (χ0) is 13.0. The Morgan fingerprint density at radius 2 is 1.78 bits per heavy atom. The summed E-state index contributed by atoms with van der Waals surface area (Å²) in [6.45, 7) is 0.548. The van der Waals surface area contributed by atoms with Crippen molar-refractivity contribution in [2.24, 2.45) is 5.73 Å². The smallest absolute Gasteiger partial charge is 0.122 e. The van der Waals surface area contributed by atoms with Crippen molar-refractivity contribution < 1.29 is 14.2 Å². The average molecular weight is 251 g/mol. The lowest BCUT2D eigenvalue weighted by Gasteiger charge is -2.17. The monoisotopic (exact) mass is 251 g/mol. The van der Waals surface area contributed by atoms with Gasteiger partial charge in [0.2, 0.25) is 0 Å². The van der Waals surface area contributed by atoms with E-state index in [0.29, 0.717) is 6.61 Å². The van der Waals surface area contributed by atoms with E-state index in [9.17, 15) is 0 Å². The molecule has 0 unspecified atom stereocenters. The van der Waals surface area contributed by atoms with Crippen molar-refractivity contribution in [2.75, 3.05) is 14.2 Å². The van der Waals surface area contributed by atoms with Gasteiger partial charge < -0.3 is 19.9 Å². The molecular formula is C14H21NO3. The summed E-state index contributed by atoms with van der Waals surface area (Å²) < 4.78 is 16.3. The van der Waals surface area contributed by atoms with E-state index < -0.39 is 0 Å². The molecule has 0 saturated heterocycles. The fraction of sp³-hybridized carbons (Fsp3) is 0.571. The first-order chi connectivity index (χ1) is 8.72. The lowest BCUT2D eigenvalue weighted by atomic mass is 10.2. The minimum absolute atomic E-state index is 0.178. The average Bonchev–Trinajstić information content (AvgIpc) is 2.81. The van der Waals surface area contributed by atoms with E-state index in [4.69, 9.17) is 19.9 Å². The minimum Gasteiger partial charge on any atom is -0.497 e. The molecule has 1 aromatic carbocycles. The maximum absolute atomic E-state index is 5.98. The van der Waals surface area contributed by atoms with Gasteiger partial charge >= 0.3 is 0 Å². The van der Waals surface area contributed by atoms with Crippen LogP contribution in [0.2, 0.25) is 0 Å². The Morgan fingerprint density at radius 3 is 2.28 bits per heavy atom. The molecule has 0 amide bonds. The molecular weight excluding hydrogens is 230 g/mol. The normalized spacial score (nSPS) is 23.1. The van der Waals surface area contributed by atoms with Gasteiger partial charge in [-0.1, -0.05) is 0 Å². The zero-order valence-electron chi connectivity index (χ0n) is 11.0. The summed E-state index contributed by atoms with van der Waals surface area (Å²) in [5.41, 5.74) is 7.03. The van der Waals surface area contributed by atoms with Gasteiger partial charge in [0.05, 0.1) is 26.9 Å². The predicted molar refractivity (Wildman–Crippen MR) is 69.9 cm³/mol. The summed E-state index contributed by atoms with van der Waals surface area (Å²) in [6, 6.07) is 5.95. The molecule has 2 atom stereocenters. The number of ether oxygens (including phenoxy) is 3. The highest BCUT2D eigenvalue weighted by molar-refractivity contribution is 5.38. The van der Waals surface area contributed by atoms with Gasteiger partial charge in [0, 0.05) is 12.1 Å². The van der Waals surface area contributed by atoms with Crippen molar-refractivity contribution in [1.82, 2.24) is 0 Å². The lowest BCUT2D eigenvalue weighted by Crippen LogP contribution is -2.31. The molecule has 1 saturated carbocycles. The lowest BCUT2D eigenvalue weighted by molar-refractivity contribution is 0.0355. The third kappa shape index (κ3) is 3.15. The quantitative estimate of drug-likeness (QED) is 0.870. The van der Waals surface area contributed by atoms with Crippen LogP contribution in [0.1, 0.15) is 24.8 Å². The van der Waals surface area contributed by atoms with Crippen molar-refractivity contribution in [3.8, 4) is 11.5 Å². The van der Waals surface area contributed by atoms with E-state index in [1.807, 2.05) is 18.2 Å². The summed E-state index contributed by atoms with van der Waals surface area (Å²) in [7, 11) is 3.29. The molecule has 0 aliphatic heterocycles. The van der Waals surface area contributed by atoms with Crippen molar-refractivity contribution in [3.63, 3.8) is 0 Å². The van der Waals surface area contributed by atoms with Crippen LogP contribution in [-0.2, 0) is 11.3 Å². The number of methoxy groups -OCH3 is 2. The molecule has 18 heavy (non-hydrogen) atoms. The molecule has 100 valence electrons.